The van der Waals surface area contributed by atoms with Crippen molar-refractivity contribution in [2.45, 2.75) is 45.6 Å². The molecule has 1 aromatic rings. The number of rotatable bonds is 7. The van der Waals surface area contributed by atoms with E-state index in [1.54, 1.807) is 6.33 Å². The molecule has 0 aliphatic heterocycles. The fourth-order valence-electron chi connectivity index (χ4n) is 1.60. The zero-order valence-electron chi connectivity index (χ0n) is 9.74. The van der Waals surface area contributed by atoms with Crippen LogP contribution in [0.25, 0.3) is 0 Å². The second-order valence-corrected chi connectivity index (χ2v) is 3.82. The summed E-state index contributed by atoms with van der Waals surface area (Å²) >= 11 is 0. The number of aromatic nitrogens is 2. The summed E-state index contributed by atoms with van der Waals surface area (Å²) in [5.74, 6) is 0. The molecule has 0 amide bonds. The summed E-state index contributed by atoms with van der Waals surface area (Å²) in [6, 6.07) is 0.422. The molecule has 1 aromatic heterocycles. The average Bonchev–Trinajstić information content (AvgIpc) is 2.30. The molecule has 1 unspecified atom stereocenters. The minimum absolute atomic E-state index is 0.422. The molecule has 15 heavy (non-hydrogen) atoms. The summed E-state index contributed by atoms with van der Waals surface area (Å²) in [4.78, 5) is 8.14. The normalized spacial score (nSPS) is 12.7. The zero-order chi connectivity index (χ0) is 10.9. The van der Waals surface area contributed by atoms with Crippen LogP contribution in [0.1, 0.15) is 51.1 Å². The van der Waals surface area contributed by atoms with Crippen molar-refractivity contribution in [2.75, 3.05) is 6.54 Å². The number of nitrogens with one attached hydrogen (secondary N) is 1. The maximum absolute atomic E-state index is 4.07. The molecule has 0 aliphatic rings. The highest BCUT2D eigenvalue weighted by Gasteiger charge is 2.09. The van der Waals surface area contributed by atoms with Crippen LogP contribution in [0.5, 0.6) is 0 Å². The van der Waals surface area contributed by atoms with Gasteiger partial charge in [-0.25, -0.2) is 9.97 Å². The maximum atomic E-state index is 4.07. The van der Waals surface area contributed by atoms with Crippen molar-refractivity contribution in [1.29, 1.82) is 0 Å². The van der Waals surface area contributed by atoms with Gasteiger partial charge in [-0.2, -0.15) is 0 Å². The Morgan fingerprint density at radius 3 is 2.53 bits per heavy atom. The Balaban J connectivity index is 2.55. The highest BCUT2D eigenvalue weighted by atomic mass is 14.9. The van der Waals surface area contributed by atoms with Gasteiger partial charge in [-0.3, -0.25) is 0 Å². The van der Waals surface area contributed by atoms with Gasteiger partial charge in [0.1, 0.15) is 6.33 Å². The van der Waals surface area contributed by atoms with Gasteiger partial charge in [-0.05, 0) is 19.4 Å². The lowest BCUT2D eigenvalue weighted by atomic mass is 10.0. The van der Waals surface area contributed by atoms with Crippen LogP contribution < -0.4 is 5.32 Å². The van der Waals surface area contributed by atoms with Crippen LogP contribution in [-0.2, 0) is 0 Å². The van der Waals surface area contributed by atoms with Crippen LogP contribution in [0.2, 0.25) is 0 Å². The maximum Gasteiger partial charge on any atom is 0.115 e. The quantitative estimate of drug-likeness (QED) is 0.747. The second kappa shape index (κ2) is 7.35. The molecule has 1 N–H and O–H groups in total. The SMILES string of the molecule is CCCCC(NCCC)c1cncnc1. The predicted molar refractivity (Wildman–Crippen MR) is 62.6 cm³/mol. The molecule has 0 fully saturated rings. The van der Waals surface area contributed by atoms with E-state index in [1.165, 1.54) is 24.8 Å². The van der Waals surface area contributed by atoms with Crippen LogP contribution in [0.15, 0.2) is 18.7 Å². The molecule has 0 saturated carbocycles. The highest BCUT2D eigenvalue weighted by molar-refractivity contribution is 5.08. The number of hydrogen-bond acceptors (Lipinski definition) is 3. The Kier molecular flexibility index (Phi) is 5.93. The Labute approximate surface area is 92.3 Å². The molecule has 1 atom stereocenters. The first-order chi connectivity index (χ1) is 7.38. The van der Waals surface area contributed by atoms with Crippen molar-refractivity contribution in [3.8, 4) is 0 Å². The minimum atomic E-state index is 0.422. The molecule has 84 valence electrons. The Bertz CT molecular complexity index is 240. The van der Waals surface area contributed by atoms with Gasteiger partial charge in [0.05, 0.1) is 0 Å². The first-order valence-corrected chi connectivity index (χ1v) is 5.86. The lowest BCUT2D eigenvalue weighted by Crippen LogP contribution is -2.22. The molecule has 1 rings (SSSR count). The highest BCUT2D eigenvalue weighted by Crippen LogP contribution is 2.17. The molecule has 3 nitrogen and oxygen atoms in total. The van der Waals surface area contributed by atoms with E-state index in [0.717, 1.165) is 13.0 Å². The van der Waals surface area contributed by atoms with Crippen LogP contribution in [0, 0.1) is 0 Å². The Morgan fingerprint density at radius 2 is 1.93 bits per heavy atom. The first-order valence-electron chi connectivity index (χ1n) is 5.86. The van der Waals surface area contributed by atoms with Gasteiger partial charge in [0.25, 0.3) is 0 Å². The first kappa shape index (κ1) is 12.1. The third kappa shape index (κ3) is 4.38. The fraction of sp³-hybridized carbons (Fsp3) is 0.667. The average molecular weight is 207 g/mol. The largest absolute Gasteiger partial charge is 0.310 e. The van der Waals surface area contributed by atoms with Gasteiger partial charge in [0.2, 0.25) is 0 Å². The van der Waals surface area contributed by atoms with Crippen molar-refractivity contribution < 1.29 is 0 Å². The summed E-state index contributed by atoms with van der Waals surface area (Å²) < 4.78 is 0. The molecule has 0 radical (unpaired) electrons. The second-order valence-electron chi connectivity index (χ2n) is 3.82. The lowest BCUT2D eigenvalue weighted by Gasteiger charge is -2.17. The summed E-state index contributed by atoms with van der Waals surface area (Å²) in [5.41, 5.74) is 1.21. The summed E-state index contributed by atoms with van der Waals surface area (Å²) in [6.45, 7) is 5.47. The van der Waals surface area contributed by atoms with E-state index in [9.17, 15) is 0 Å². The van der Waals surface area contributed by atoms with Crippen molar-refractivity contribution in [3.05, 3.63) is 24.3 Å². The van der Waals surface area contributed by atoms with Crippen LogP contribution in [-0.4, -0.2) is 16.5 Å². The zero-order valence-corrected chi connectivity index (χ0v) is 9.74. The lowest BCUT2D eigenvalue weighted by molar-refractivity contribution is 0.479. The third-order valence-corrected chi connectivity index (χ3v) is 2.47. The van der Waals surface area contributed by atoms with Gasteiger partial charge in [0, 0.05) is 24.0 Å². The van der Waals surface area contributed by atoms with E-state index in [2.05, 4.69) is 29.1 Å². The monoisotopic (exact) mass is 207 g/mol. The smallest absolute Gasteiger partial charge is 0.115 e. The molecule has 0 spiro atoms. The van der Waals surface area contributed by atoms with E-state index < -0.39 is 0 Å². The molecule has 0 saturated heterocycles. The summed E-state index contributed by atoms with van der Waals surface area (Å²) in [5, 5.41) is 3.54. The summed E-state index contributed by atoms with van der Waals surface area (Å²) in [7, 11) is 0. The Morgan fingerprint density at radius 1 is 1.20 bits per heavy atom. The van der Waals surface area contributed by atoms with E-state index in [-0.39, 0.29) is 0 Å². The number of unbranched alkanes of at least 4 members (excludes halogenated alkanes) is 1. The van der Waals surface area contributed by atoms with Gasteiger partial charge in [-0.15, -0.1) is 0 Å². The minimum Gasteiger partial charge on any atom is -0.310 e. The molecule has 1 heterocycles. The standard InChI is InChI=1S/C12H21N3/c1-3-5-6-12(15-7-4-2)11-8-13-10-14-9-11/h8-10,12,15H,3-7H2,1-2H3. The van der Waals surface area contributed by atoms with Gasteiger partial charge < -0.3 is 5.32 Å². The van der Waals surface area contributed by atoms with E-state index >= 15 is 0 Å². The fourth-order valence-corrected chi connectivity index (χ4v) is 1.60. The van der Waals surface area contributed by atoms with E-state index in [4.69, 9.17) is 0 Å². The number of hydrogen-bond donors (Lipinski definition) is 1. The molecular weight excluding hydrogens is 186 g/mol. The van der Waals surface area contributed by atoms with E-state index in [1.807, 2.05) is 12.4 Å². The van der Waals surface area contributed by atoms with E-state index in [0.29, 0.717) is 6.04 Å². The van der Waals surface area contributed by atoms with Gasteiger partial charge in [0.15, 0.2) is 0 Å². The van der Waals surface area contributed by atoms with Crippen LogP contribution >= 0.6 is 0 Å². The Hall–Kier alpha value is -0.960. The molecule has 0 bridgehead atoms. The third-order valence-electron chi connectivity index (χ3n) is 2.47. The van der Waals surface area contributed by atoms with Crippen molar-refractivity contribution >= 4 is 0 Å². The topological polar surface area (TPSA) is 37.8 Å². The van der Waals surface area contributed by atoms with Crippen LogP contribution in [0.4, 0.5) is 0 Å². The molecule has 0 aromatic carbocycles. The summed E-state index contributed by atoms with van der Waals surface area (Å²) in [6.07, 6.45) is 10.2. The van der Waals surface area contributed by atoms with Crippen LogP contribution in [0.3, 0.4) is 0 Å². The molecule has 3 heteroatoms. The van der Waals surface area contributed by atoms with Crippen molar-refractivity contribution in [2.24, 2.45) is 0 Å². The predicted octanol–water partition coefficient (Wildman–Crippen LogP) is 2.71. The molecule has 0 aliphatic carbocycles. The van der Waals surface area contributed by atoms with Crippen molar-refractivity contribution in [1.82, 2.24) is 15.3 Å². The molecular formula is C12H21N3. The van der Waals surface area contributed by atoms with Crippen molar-refractivity contribution in [3.63, 3.8) is 0 Å². The van der Waals surface area contributed by atoms with Gasteiger partial charge >= 0.3 is 0 Å². The van der Waals surface area contributed by atoms with Gasteiger partial charge in [-0.1, -0.05) is 26.7 Å². The number of nitrogens with zero attached hydrogens (tertiary/aromatic N) is 2.